The summed E-state index contributed by atoms with van der Waals surface area (Å²) in [5.41, 5.74) is 6.72. The van der Waals surface area contributed by atoms with Crippen LogP contribution >= 0.6 is 0 Å². The molecule has 1 aromatic heterocycles. The number of hydrogen-bond acceptors (Lipinski definition) is 4. The predicted molar refractivity (Wildman–Crippen MR) is 81.9 cm³/mol. The van der Waals surface area contributed by atoms with E-state index in [9.17, 15) is 4.79 Å². The van der Waals surface area contributed by atoms with Crippen LogP contribution in [0, 0.1) is 11.8 Å². The fourth-order valence-electron chi connectivity index (χ4n) is 2.47. The molecule has 1 aromatic rings. The lowest BCUT2D eigenvalue weighted by Gasteiger charge is -2.23. The van der Waals surface area contributed by atoms with Gasteiger partial charge < -0.3 is 10.6 Å². The van der Waals surface area contributed by atoms with Crippen LogP contribution in [0.3, 0.4) is 0 Å². The highest BCUT2D eigenvalue weighted by molar-refractivity contribution is 5.97. The molecule has 0 atom stereocenters. The van der Waals surface area contributed by atoms with E-state index in [0.29, 0.717) is 29.0 Å². The van der Waals surface area contributed by atoms with Gasteiger partial charge in [-0.2, -0.15) is 0 Å². The number of nitrogen functional groups attached to an aromatic ring is 1. The van der Waals surface area contributed by atoms with E-state index >= 15 is 0 Å². The normalized spacial score (nSPS) is 18.0. The van der Waals surface area contributed by atoms with E-state index in [-0.39, 0.29) is 11.8 Å². The Morgan fingerprint density at radius 2 is 1.86 bits per heavy atom. The van der Waals surface area contributed by atoms with Crippen LogP contribution < -0.4 is 5.73 Å². The molecular weight excluding hydrogens is 264 g/mol. The molecule has 0 aromatic carbocycles. The van der Waals surface area contributed by atoms with Gasteiger partial charge in [0, 0.05) is 19.0 Å². The van der Waals surface area contributed by atoms with E-state index in [1.54, 1.807) is 6.20 Å². The number of nitrogens with zero attached hydrogens (tertiary/aromatic N) is 3. The maximum absolute atomic E-state index is 12.8. The molecule has 5 heteroatoms. The van der Waals surface area contributed by atoms with Gasteiger partial charge >= 0.3 is 0 Å². The summed E-state index contributed by atoms with van der Waals surface area (Å²) in [6.45, 7) is 5.75. The lowest BCUT2D eigenvalue weighted by molar-refractivity contribution is 0.0734. The molecule has 0 bridgehead atoms. The largest absolute Gasteiger partial charge is 0.396 e. The molecule has 2 aliphatic rings. The second-order valence-electron chi connectivity index (χ2n) is 6.78. The Morgan fingerprint density at radius 1 is 1.29 bits per heavy atom. The van der Waals surface area contributed by atoms with Crippen molar-refractivity contribution in [3.05, 3.63) is 17.7 Å². The van der Waals surface area contributed by atoms with Crippen LogP contribution in [-0.2, 0) is 0 Å². The third-order valence-corrected chi connectivity index (χ3v) is 4.19. The topological polar surface area (TPSA) is 72.1 Å². The number of aromatic nitrogens is 2. The predicted octanol–water partition coefficient (Wildman–Crippen LogP) is 2.44. The summed E-state index contributed by atoms with van der Waals surface area (Å²) in [7, 11) is 0. The molecule has 2 fully saturated rings. The van der Waals surface area contributed by atoms with Crippen LogP contribution in [0.1, 0.15) is 61.8 Å². The Balaban J connectivity index is 1.81. The lowest BCUT2D eigenvalue weighted by atomic mass is 10.2. The summed E-state index contributed by atoms with van der Waals surface area (Å²) in [6, 6.07) is 0. The van der Waals surface area contributed by atoms with E-state index < -0.39 is 0 Å². The number of rotatable bonds is 6. The van der Waals surface area contributed by atoms with Crippen LogP contribution in [0.5, 0.6) is 0 Å². The first-order valence-electron chi connectivity index (χ1n) is 7.96. The molecule has 114 valence electrons. The summed E-state index contributed by atoms with van der Waals surface area (Å²) < 4.78 is 0. The summed E-state index contributed by atoms with van der Waals surface area (Å²) in [4.78, 5) is 23.4. The summed E-state index contributed by atoms with van der Waals surface area (Å²) in [5, 5.41) is 0. The number of anilines is 1. The van der Waals surface area contributed by atoms with Gasteiger partial charge in [0.1, 0.15) is 5.82 Å². The van der Waals surface area contributed by atoms with Crippen LogP contribution in [0.4, 0.5) is 5.69 Å². The zero-order valence-corrected chi connectivity index (χ0v) is 12.9. The van der Waals surface area contributed by atoms with E-state index in [0.717, 1.165) is 13.1 Å². The monoisotopic (exact) mass is 288 g/mol. The molecule has 1 amide bonds. The zero-order valence-electron chi connectivity index (χ0n) is 12.9. The van der Waals surface area contributed by atoms with Gasteiger partial charge in [-0.25, -0.2) is 9.97 Å². The van der Waals surface area contributed by atoms with Gasteiger partial charge in [-0.15, -0.1) is 0 Å². The lowest BCUT2D eigenvalue weighted by Crippen LogP contribution is -2.36. The Bertz CT molecular complexity index is 521. The van der Waals surface area contributed by atoms with Crippen molar-refractivity contribution in [2.75, 3.05) is 18.8 Å². The molecule has 21 heavy (non-hydrogen) atoms. The van der Waals surface area contributed by atoms with Gasteiger partial charge in [-0.3, -0.25) is 4.79 Å². The summed E-state index contributed by atoms with van der Waals surface area (Å²) in [5.74, 6) is 2.22. The maximum atomic E-state index is 12.8. The van der Waals surface area contributed by atoms with Crippen molar-refractivity contribution in [2.45, 2.75) is 45.4 Å². The molecule has 3 rings (SSSR count). The number of amides is 1. The third-order valence-electron chi connectivity index (χ3n) is 4.19. The minimum atomic E-state index is -0.0180. The second kappa shape index (κ2) is 5.62. The molecule has 2 saturated carbocycles. The van der Waals surface area contributed by atoms with Crippen molar-refractivity contribution >= 4 is 11.6 Å². The first-order valence-corrected chi connectivity index (χ1v) is 7.96. The quantitative estimate of drug-likeness (QED) is 0.872. The van der Waals surface area contributed by atoms with Gasteiger partial charge in [0.15, 0.2) is 5.69 Å². The number of carbonyl (C=O) groups excluding carboxylic acids is 1. The maximum Gasteiger partial charge on any atom is 0.274 e. The van der Waals surface area contributed by atoms with Crippen molar-refractivity contribution in [3.8, 4) is 0 Å². The number of carbonyl (C=O) groups is 1. The minimum Gasteiger partial charge on any atom is -0.396 e. The van der Waals surface area contributed by atoms with E-state index in [2.05, 4.69) is 9.97 Å². The molecule has 0 unspecified atom stereocenters. The van der Waals surface area contributed by atoms with Crippen molar-refractivity contribution in [1.29, 1.82) is 0 Å². The summed E-state index contributed by atoms with van der Waals surface area (Å²) in [6.07, 6.45) is 6.54. The fourth-order valence-corrected chi connectivity index (χ4v) is 2.47. The number of nitrogens with two attached hydrogens (primary N) is 1. The van der Waals surface area contributed by atoms with Crippen LogP contribution in [0.2, 0.25) is 0 Å². The highest BCUT2D eigenvalue weighted by atomic mass is 16.2. The molecule has 5 nitrogen and oxygen atoms in total. The summed E-state index contributed by atoms with van der Waals surface area (Å²) >= 11 is 0. The van der Waals surface area contributed by atoms with Gasteiger partial charge in [-0.05, 0) is 37.5 Å². The Kier molecular flexibility index (Phi) is 3.83. The fraction of sp³-hybridized carbons (Fsp3) is 0.688. The molecule has 0 aliphatic heterocycles. The first-order chi connectivity index (χ1) is 10.0. The van der Waals surface area contributed by atoms with Crippen molar-refractivity contribution in [2.24, 2.45) is 11.8 Å². The molecule has 0 spiro atoms. The van der Waals surface area contributed by atoms with Gasteiger partial charge in [0.05, 0.1) is 11.9 Å². The molecule has 0 saturated heterocycles. The Labute approximate surface area is 125 Å². The minimum absolute atomic E-state index is 0.0180. The van der Waals surface area contributed by atoms with Gasteiger partial charge in [-0.1, -0.05) is 13.8 Å². The zero-order chi connectivity index (χ0) is 15.0. The van der Waals surface area contributed by atoms with Crippen molar-refractivity contribution in [3.63, 3.8) is 0 Å². The molecule has 2 N–H and O–H groups in total. The first kappa shape index (κ1) is 14.3. The molecule has 1 heterocycles. The molecule has 0 radical (unpaired) electrons. The second-order valence-corrected chi connectivity index (χ2v) is 6.78. The van der Waals surface area contributed by atoms with Crippen molar-refractivity contribution < 1.29 is 4.79 Å². The highest BCUT2D eigenvalue weighted by Crippen LogP contribution is 2.34. The van der Waals surface area contributed by atoms with E-state index in [1.165, 1.54) is 25.7 Å². The number of hydrogen-bond donors (Lipinski definition) is 1. The van der Waals surface area contributed by atoms with Crippen LogP contribution in [-0.4, -0.2) is 33.9 Å². The Morgan fingerprint density at radius 3 is 2.33 bits per heavy atom. The van der Waals surface area contributed by atoms with Gasteiger partial charge in [0.25, 0.3) is 5.91 Å². The Hall–Kier alpha value is -1.65. The third kappa shape index (κ3) is 3.52. The molecule has 2 aliphatic carbocycles. The van der Waals surface area contributed by atoms with Crippen LogP contribution in [0.15, 0.2) is 6.20 Å². The average molecular weight is 288 g/mol. The average Bonchev–Trinajstić information content (AvgIpc) is 3.32. The van der Waals surface area contributed by atoms with Crippen molar-refractivity contribution in [1.82, 2.24) is 14.9 Å². The smallest absolute Gasteiger partial charge is 0.274 e. The SMILES string of the molecule is CC(C)c1ncc(N)c(C(=O)N(CC2CC2)CC2CC2)n1. The molecular formula is C16H24N4O. The van der Waals surface area contributed by atoms with Crippen LogP contribution in [0.25, 0.3) is 0 Å². The standard InChI is InChI=1S/C16H24N4O/c1-10(2)15-18-7-13(17)14(19-15)16(21)20(8-11-3-4-11)9-12-5-6-12/h7,10-12H,3-6,8-9,17H2,1-2H3. The van der Waals surface area contributed by atoms with E-state index in [1.807, 2.05) is 18.7 Å². The van der Waals surface area contributed by atoms with Gasteiger partial charge in [0.2, 0.25) is 0 Å². The highest BCUT2D eigenvalue weighted by Gasteiger charge is 2.33. The van der Waals surface area contributed by atoms with E-state index in [4.69, 9.17) is 5.73 Å².